The largest absolute Gasteiger partial charge is 0.379 e. The molecule has 0 aliphatic rings. The number of ether oxygens (including phenoxy) is 4. The molecule has 1 amide bonds. The van der Waals surface area contributed by atoms with Crippen LogP contribution in [0.4, 0.5) is 0 Å². The summed E-state index contributed by atoms with van der Waals surface area (Å²) < 4.78 is 21.2. The highest BCUT2D eigenvalue weighted by molar-refractivity contribution is 5.75. The van der Waals surface area contributed by atoms with Crippen LogP contribution < -0.4 is 5.32 Å². The lowest BCUT2D eigenvalue weighted by Gasteiger charge is -2.08. The topological polar surface area (TPSA) is 115 Å². The van der Waals surface area contributed by atoms with E-state index in [1.165, 1.54) is 0 Å². The van der Waals surface area contributed by atoms with Crippen LogP contribution in [0.2, 0.25) is 0 Å². The second kappa shape index (κ2) is 17.3. The van der Waals surface area contributed by atoms with E-state index in [9.17, 15) is 4.79 Å². The lowest BCUT2D eigenvalue weighted by atomic mass is 10.2. The fraction of sp³-hybridized carbons (Fsp3) is 0.611. The zero-order valence-electron chi connectivity index (χ0n) is 15.5. The molecule has 0 fully saturated rings. The van der Waals surface area contributed by atoms with Gasteiger partial charge in [0.2, 0.25) is 5.91 Å². The number of carbonyl (C=O) groups is 1. The van der Waals surface area contributed by atoms with E-state index in [0.717, 1.165) is 5.56 Å². The smallest absolute Gasteiger partial charge is 0.222 e. The summed E-state index contributed by atoms with van der Waals surface area (Å²) in [6, 6.07) is 9.77. The van der Waals surface area contributed by atoms with Crippen LogP contribution >= 0.6 is 0 Å². The van der Waals surface area contributed by atoms with Crippen LogP contribution in [0.15, 0.2) is 35.4 Å². The molecule has 0 aliphatic heterocycles. The first kappa shape index (κ1) is 22.9. The molecule has 9 nitrogen and oxygen atoms in total. The molecule has 0 aliphatic carbocycles. The molecule has 0 radical (unpaired) electrons. The molecule has 150 valence electrons. The Morgan fingerprint density at radius 3 is 2.04 bits per heavy atom. The average Bonchev–Trinajstić information content (AvgIpc) is 2.70. The van der Waals surface area contributed by atoms with Crippen LogP contribution in [0.5, 0.6) is 0 Å². The van der Waals surface area contributed by atoms with Gasteiger partial charge in [-0.2, -0.15) is 0 Å². The van der Waals surface area contributed by atoms with Gasteiger partial charge in [0.05, 0.1) is 52.9 Å². The predicted octanol–water partition coefficient (Wildman–Crippen LogP) is 2.07. The SMILES string of the molecule is [N-]=[N+]=NCCOCCOCCOCCOCCC(=O)NCc1ccccc1. The Kier molecular flexibility index (Phi) is 14.6. The molecule has 0 aromatic heterocycles. The maximum absolute atomic E-state index is 11.7. The molecule has 27 heavy (non-hydrogen) atoms. The van der Waals surface area contributed by atoms with Crippen LogP contribution in [0.25, 0.3) is 10.4 Å². The van der Waals surface area contributed by atoms with Crippen LogP contribution in [0.3, 0.4) is 0 Å². The molecular weight excluding hydrogens is 352 g/mol. The molecule has 1 N–H and O–H groups in total. The van der Waals surface area contributed by atoms with E-state index in [0.29, 0.717) is 72.4 Å². The van der Waals surface area contributed by atoms with Crippen LogP contribution in [0, 0.1) is 0 Å². The third-order valence-electron chi connectivity index (χ3n) is 3.32. The summed E-state index contributed by atoms with van der Waals surface area (Å²) in [7, 11) is 0. The highest BCUT2D eigenvalue weighted by atomic mass is 16.6. The summed E-state index contributed by atoms with van der Waals surface area (Å²) in [5, 5.41) is 6.20. The van der Waals surface area contributed by atoms with Gasteiger partial charge in [0, 0.05) is 24.4 Å². The van der Waals surface area contributed by atoms with Crippen molar-refractivity contribution in [2.75, 3.05) is 59.4 Å². The average molecular weight is 380 g/mol. The van der Waals surface area contributed by atoms with Crippen molar-refractivity contribution in [3.63, 3.8) is 0 Å². The van der Waals surface area contributed by atoms with Gasteiger partial charge in [0.25, 0.3) is 0 Å². The molecule has 0 spiro atoms. The fourth-order valence-corrected chi connectivity index (χ4v) is 1.96. The summed E-state index contributed by atoms with van der Waals surface area (Å²) in [4.78, 5) is 14.3. The number of hydrogen-bond acceptors (Lipinski definition) is 6. The number of rotatable bonds is 17. The molecule has 0 saturated heterocycles. The van der Waals surface area contributed by atoms with Crippen LogP contribution in [-0.2, 0) is 30.3 Å². The standard InChI is InChI=1S/C18H28N4O5/c19-22-21-7-9-25-11-13-27-15-14-26-12-10-24-8-6-18(23)20-16-17-4-2-1-3-5-17/h1-5H,6-16H2,(H,20,23). The molecule has 0 unspecified atom stereocenters. The quantitative estimate of drug-likeness (QED) is 0.192. The summed E-state index contributed by atoms with van der Waals surface area (Å²) in [6.07, 6.45) is 0.329. The number of amides is 1. The van der Waals surface area contributed by atoms with Crippen molar-refractivity contribution in [2.24, 2.45) is 5.11 Å². The zero-order chi connectivity index (χ0) is 19.4. The Morgan fingerprint density at radius 1 is 0.889 bits per heavy atom. The molecule has 1 aromatic rings. The summed E-state index contributed by atoms with van der Waals surface area (Å²) in [6.45, 7) is 4.38. The van der Waals surface area contributed by atoms with Crippen molar-refractivity contribution in [2.45, 2.75) is 13.0 Å². The zero-order valence-corrected chi connectivity index (χ0v) is 15.5. The van der Waals surface area contributed by atoms with Gasteiger partial charge in [-0.05, 0) is 11.1 Å². The van der Waals surface area contributed by atoms with Gasteiger partial charge in [-0.15, -0.1) is 0 Å². The minimum absolute atomic E-state index is 0.0326. The Hall–Kier alpha value is -2.16. The lowest BCUT2D eigenvalue weighted by Crippen LogP contribution is -2.24. The van der Waals surface area contributed by atoms with E-state index in [2.05, 4.69) is 15.3 Å². The number of carbonyl (C=O) groups excluding carboxylic acids is 1. The van der Waals surface area contributed by atoms with Gasteiger partial charge in [-0.3, -0.25) is 4.79 Å². The van der Waals surface area contributed by atoms with E-state index in [-0.39, 0.29) is 5.91 Å². The van der Waals surface area contributed by atoms with Crippen molar-refractivity contribution in [1.82, 2.24) is 5.32 Å². The monoisotopic (exact) mass is 380 g/mol. The minimum Gasteiger partial charge on any atom is -0.379 e. The second-order valence-corrected chi connectivity index (χ2v) is 5.42. The summed E-state index contributed by atoms with van der Waals surface area (Å²) in [5.41, 5.74) is 9.15. The first-order valence-corrected chi connectivity index (χ1v) is 8.95. The normalized spacial score (nSPS) is 10.4. The molecule has 0 heterocycles. The maximum Gasteiger partial charge on any atom is 0.222 e. The van der Waals surface area contributed by atoms with Crippen molar-refractivity contribution in [3.05, 3.63) is 46.3 Å². The molecule has 0 saturated carbocycles. The number of hydrogen-bond donors (Lipinski definition) is 1. The van der Waals surface area contributed by atoms with Crippen molar-refractivity contribution >= 4 is 5.91 Å². The third-order valence-corrected chi connectivity index (χ3v) is 3.32. The first-order valence-electron chi connectivity index (χ1n) is 8.95. The van der Waals surface area contributed by atoms with Crippen molar-refractivity contribution < 1.29 is 23.7 Å². The number of nitrogens with zero attached hydrogens (tertiary/aromatic N) is 3. The maximum atomic E-state index is 11.7. The van der Waals surface area contributed by atoms with E-state index in [4.69, 9.17) is 24.5 Å². The fourth-order valence-electron chi connectivity index (χ4n) is 1.96. The van der Waals surface area contributed by atoms with Crippen molar-refractivity contribution in [1.29, 1.82) is 0 Å². The Morgan fingerprint density at radius 2 is 1.44 bits per heavy atom. The summed E-state index contributed by atoms with van der Waals surface area (Å²) in [5.74, 6) is -0.0326. The number of azide groups is 1. The van der Waals surface area contributed by atoms with E-state index in [1.54, 1.807) is 0 Å². The van der Waals surface area contributed by atoms with E-state index < -0.39 is 0 Å². The van der Waals surface area contributed by atoms with Gasteiger partial charge in [0.1, 0.15) is 0 Å². The Balaban J connectivity index is 1.78. The van der Waals surface area contributed by atoms with Crippen molar-refractivity contribution in [3.8, 4) is 0 Å². The predicted molar refractivity (Wildman–Crippen MR) is 100 cm³/mol. The lowest BCUT2D eigenvalue weighted by molar-refractivity contribution is -0.122. The summed E-state index contributed by atoms with van der Waals surface area (Å²) >= 11 is 0. The molecule has 1 aromatic carbocycles. The highest BCUT2D eigenvalue weighted by Crippen LogP contribution is 1.97. The van der Waals surface area contributed by atoms with Crippen LogP contribution in [0.1, 0.15) is 12.0 Å². The number of benzene rings is 1. The Bertz CT molecular complexity index is 538. The third kappa shape index (κ3) is 14.7. The van der Waals surface area contributed by atoms with Crippen LogP contribution in [-0.4, -0.2) is 65.3 Å². The molecule has 1 rings (SSSR count). The highest BCUT2D eigenvalue weighted by Gasteiger charge is 2.01. The molecule has 0 atom stereocenters. The molecule has 9 heteroatoms. The van der Waals surface area contributed by atoms with Gasteiger partial charge in [-0.1, -0.05) is 35.4 Å². The van der Waals surface area contributed by atoms with E-state index in [1.807, 2.05) is 30.3 Å². The Labute approximate surface area is 159 Å². The molecule has 0 bridgehead atoms. The number of nitrogens with one attached hydrogen (secondary N) is 1. The van der Waals surface area contributed by atoms with Gasteiger partial charge in [0.15, 0.2) is 0 Å². The molecular formula is C18H28N4O5. The van der Waals surface area contributed by atoms with Gasteiger partial charge >= 0.3 is 0 Å². The second-order valence-electron chi connectivity index (χ2n) is 5.42. The first-order chi connectivity index (χ1) is 13.3. The van der Waals surface area contributed by atoms with Gasteiger partial charge < -0.3 is 24.3 Å². The minimum atomic E-state index is -0.0326. The van der Waals surface area contributed by atoms with E-state index >= 15 is 0 Å². The van der Waals surface area contributed by atoms with Gasteiger partial charge in [-0.25, -0.2) is 0 Å².